The second kappa shape index (κ2) is 13.7. The minimum atomic E-state index is -1.08. The Kier molecular flexibility index (Phi) is 10.8. The average molecular weight is 586 g/mol. The summed E-state index contributed by atoms with van der Waals surface area (Å²) in [5.74, 6) is -0.863. The average Bonchev–Trinajstić information content (AvgIpc) is 3.16. The molecule has 41 heavy (non-hydrogen) atoms. The largest absolute Gasteiger partial charge is 0.436 e. The molecule has 2 aromatic rings. The summed E-state index contributed by atoms with van der Waals surface area (Å²) in [6.07, 6.45) is -0.615. The second-order valence-corrected chi connectivity index (χ2v) is 13.1. The van der Waals surface area contributed by atoms with E-state index in [2.05, 4.69) is 16.0 Å². The van der Waals surface area contributed by atoms with Crippen molar-refractivity contribution >= 4 is 29.5 Å². The molecule has 1 heterocycles. The van der Waals surface area contributed by atoms with Gasteiger partial charge in [-0.05, 0) is 62.3 Å². The van der Waals surface area contributed by atoms with Crippen LogP contribution < -0.4 is 16.0 Å². The predicted octanol–water partition coefficient (Wildman–Crippen LogP) is 5.28. The fraction of sp³-hybridized carbons (Fsp3) is 0.531. The summed E-state index contributed by atoms with van der Waals surface area (Å²) in [5, 5.41) is 19.3. The maximum atomic E-state index is 13.4. The number of carbonyl (C=O) groups is 3. The van der Waals surface area contributed by atoms with Gasteiger partial charge in [-0.2, -0.15) is 0 Å². The molecule has 1 fully saturated rings. The normalized spacial score (nSPS) is 18.8. The number of aliphatic hydroxyl groups is 1. The van der Waals surface area contributed by atoms with Gasteiger partial charge in [0.05, 0.1) is 18.7 Å². The molecule has 8 nitrogen and oxygen atoms in total. The van der Waals surface area contributed by atoms with Crippen LogP contribution in [-0.4, -0.2) is 47.3 Å². The van der Waals surface area contributed by atoms with E-state index >= 15 is 0 Å². The van der Waals surface area contributed by atoms with Crippen molar-refractivity contribution in [1.29, 1.82) is 0 Å². The molecular formula is C32H44ClN3O5. The molecule has 1 aliphatic heterocycles. The standard InChI is InChI=1S/C32H44ClN3O5/c1-20(2)15-26(29(39)34-25(19-37)16-22-18-31(3,4)36-28(22)38)41-30(40)35-27(21-11-8-7-9-12-21)32(5,6)23-13-10-14-24(33)17-23/h7-14,17,20,22,25-27,37H,15-16,18-19H2,1-6H3,(H,34,39)(H,35,40)(H,36,38)/t22-,25-,26-,27?/m0/s1. The molecular weight excluding hydrogens is 542 g/mol. The van der Waals surface area contributed by atoms with Gasteiger partial charge in [-0.15, -0.1) is 0 Å². The van der Waals surface area contributed by atoms with Crippen LogP contribution >= 0.6 is 11.6 Å². The highest BCUT2D eigenvalue weighted by Gasteiger charge is 2.39. The van der Waals surface area contributed by atoms with E-state index in [0.29, 0.717) is 24.3 Å². The van der Waals surface area contributed by atoms with Crippen molar-refractivity contribution in [2.24, 2.45) is 11.8 Å². The molecule has 0 aromatic heterocycles. The van der Waals surface area contributed by atoms with E-state index < -0.39 is 35.6 Å². The van der Waals surface area contributed by atoms with Gasteiger partial charge in [0.2, 0.25) is 5.91 Å². The summed E-state index contributed by atoms with van der Waals surface area (Å²) < 4.78 is 5.75. The lowest BCUT2D eigenvalue weighted by molar-refractivity contribution is -0.132. The van der Waals surface area contributed by atoms with Crippen LogP contribution in [0.3, 0.4) is 0 Å². The quantitative estimate of drug-likeness (QED) is 0.270. The van der Waals surface area contributed by atoms with E-state index in [1.807, 2.05) is 90.1 Å². The lowest BCUT2D eigenvalue weighted by atomic mass is 9.75. The summed E-state index contributed by atoms with van der Waals surface area (Å²) in [6.45, 7) is 11.5. The number of ether oxygens (including phenoxy) is 1. The highest BCUT2D eigenvalue weighted by molar-refractivity contribution is 6.30. The number of carbonyl (C=O) groups excluding carboxylic acids is 3. The molecule has 0 saturated carbocycles. The third-order valence-corrected chi connectivity index (χ3v) is 7.87. The number of nitrogens with one attached hydrogen (secondary N) is 3. The maximum absolute atomic E-state index is 13.4. The van der Waals surface area contributed by atoms with Crippen molar-refractivity contribution < 1.29 is 24.2 Å². The molecule has 4 atom stereocenters. The van der Waals surface area contributed by atoms with E-state index in [1.165, 1.54) is 0 Å². The number of benzene rings is 2. The Bertz CT molecular complexity index is 1200. The molecule has 3 amide bonds. The number of amides is 3. The molecule has 1 saturated heterocycles. The molecule has 0 spiro atoms. The van der Waals surface area contributed by atoms with Gasteiger partial charge in [-0.3, -0.25) is 9.59 Å². The van der Waals surface area contributed by atoms with E-state index in [9.17, 15) is 19.5 Å². The van der Waals surface area contributed by atoms with Crippen LogP contribution in [0.25, 0.3) is 0 Å². The Morgan fingerprint density at radius 3 is 2.37 bits per heavy atom. The zero-order valence-corrected chi connectivity index (χ0v) is 25.6. The van der Waals surface area contributed by atoms with Gasteiger partial charge < -0.3 is 25.8 Å². The van der Waals surface area contributed by atoms with Gasteiger partial charge in [0.25, 0.3) is 5.91 Å². The van der Waals surface area contributed by atoms with Crippen molar-refractivity contribution in [3.63, 3.8) is 0 Å². The molecule has 1 aliphatic rings. The van der Waals surface area contributed by atoms with Crippen molar-refractivity contribution in [3.05, 3.63) is 70.7 Å². The van der Waals surface area contributed by atoms with Gasteiger partial charge in [-0.1, -0.05) is 81.8 Å². The van der Waals surface area contributed by atoms with Gasteiger partial charge >= 0.3 is 6.09 Å². The molecule has 0 bridgehead atoms. The zero-order chi connectivity index (χ0) is 30.4. The Hall–Kier alpha value is -3.10. The van der Waals surface area contributed by atoms with E-state index in [0.717, 1.165) is 11.1 Å². The van der Waals surface area contributed by atoms with Crippen LogP contribution in [0.4, 0.5) is 4.79 Å². The lowest BCUT2D eigenvalue weighted by Crippen LogP contribution is -2.48. The highest BCUT2D eigenvalue weighted by atomic mass is 35.5. The SMILES string of the molecule is CC(C)C[C@H](OC(=O)NC(c1ccccc1)C(C)(C)c1cccc(Cl)c1)C(=O)N[C@H](CO)C[C@H]1CC(C)(C)NC1=O. The van der Waals surface area contributed by atoms with Gasteiger partial charge in [-0.25, -0.2) is 4.79 Å². The Balaban J connectivity index is 1.76. The number of hydrogen-bond acceptors (Lipinski definition) is 5. The van der Waals surface area contributed by atoms with Crippen molar-refractivity contribution in [2.75, 3.05) is 6.61 Å². The van der Waals surface area contributed by atoms with Crippen molar-refractivity contribution in [2.45, 2.75) is 89.9 Å². The Morgan fingerprint density at radius 2 is 1.80 bits per heavy atom. The second-order valence-electron chi connectivity index (χ2n) is 12.6. The van der Waals surface area contributed by atoms with Crippen LogP contribution in [0.5, 0.6) is 0 Å². The maximum Gasteiger partial charge on any atom is 0.408 e. The van der Waals surface area contributed by atoms with Gasteiger partial charge in [0.15, 0.2) is 6.10 Å². The Morgan fingerprint density at radius 1 is 1.12 bits per heavy atom. The first-order valence-electron chi connectivity index (χ1n) is 14.2. The van der Waals surface area contributed by atoms with Gasteiger partial charge in [0, 0.05) is 21.9 Å². The molecule has 2 aromatic carbocycles. The fourth-order valence-electron chi connectivity index (χ4n) is 5.50. The zero-order valence-electron chi connectivity index (χ0n) is 24.9. The lowest BCUT2D eigenvalue weighted by Gasteiger charge is -2.36. The molecule has 1 unspecified atom stereocenters. The van der Waals surface area contributed by atoms with E-state index in [1.54, 1.807) is 6.07 Å². The highest BCUT2D eigenvalue weighted by Crippen LogP contribution is 2.38. The molecule has 0 aliphatic carbocycles. The van der Waals surface area contributed by atoms with Crippen LogP contribution in [0.2, 0.25) is 5.02 Å². The van der Waals surface area contributed by atoms with Crippen molar-refractivity contribution in [3.8, 4) is 0 Å². The summed E-state index contributed by atoms with van der Waals surface area (Å²) in [4.78, 5) is 39.1. The van der Waals surface area contributed by atoms with Crippen molar-refractivity contribution in [1.82, 2.24) is 16.0 Å². The van der Waals surface area contributed by atoms with Crippen LogP contribution in [0, 0.1) is 11.8 Å². The summed E-state index contributed by atoms with van der Waals surface area (Å²) in [5.41, 5.74) is 0.887. The number of alkyl carbamates (subject to hydrolysis) is 1. The monoisotopic (exact) mass is 585 g/mol. The summed E-state index contributed by atoms with van der Waals surface area (Å²) >= 11 is 6.29. The summed E-state index contributed by atoms with van der Waals surface area (Å²) in [7, 11) is 0. The summed E-state index contributed by atoms with van der Waals surface area (Å²) in [6, 6.07) is 15.9. The molecule has 3 rings (SSSR count). The number of rotatable bonds is 12. The van der Waals surface area contributed by atoms with E-state index in [4.69, 9.17) is 16.3 Å². The van der Waals surface area contributed by atoms with E-state index in [-0.39, 0.29) is 29.9 Å². The van der Waals surface area contributed by atoms with Crippen LogP contribution in [0.15, 0.2) is 54.6 Å². The molecule has 9 heteroatoms. The van der Waals surface area contributed by atoms with Gasteiger partial charge in [0.1, 0.15) is 0 Å². The molecule has 0 radical (unpaired) electrons. The van der Waals surface area contributed by atoms with Crippen LogP contribution in [0.1, 0.15) is 78.0 Å². The first-order valence-corrected chi connectivity index (χ1v) is 14.6. The smallest absolute Gasteiger partial charge is 0.408 e. The first kappa shape index (κ1) is 32.4. The number of aliphatic hydroxyl groups excluding tert-OH is 1. The Labute approximate surface area is 248 Å². The fourth-order valence-corrected chi connectivity index (χ4v) is 5.69. The molecule has 224 valence electrons. The number of hydrogen-bond donors (Lipinski definition) is 4. The third kappa shape index (κ3) is 8.94. The first-order chi connectivity index (χ1) is 19.2. The third-order valence-electron chi connectivity index (χ3n) is 7.64. The topological polar surface area (TPSA) is 117 Å². The van der Waals surface area contributed by atoms with Crippen LogP contribution in [-0.2, 0) is 19.7 Å². The molecule has 4 N–H and O–H groups in total. The number of halogens is 1. The minimum absolute atomic E-state index is 0.0559. The predicted molar refractivity (Wildman–Crippen MR) is 160 cm³/mol. The minimum Gasteiger partial charge on any atom is -0.436 e.